The Kier molecular flexibility index (Phi) is 7.50. The van der Waals surface area contributed by atoms with Gasteiger partial charge in [-0.05, 0) is 36.1 Å². The maximum absolute atomic E-state index is 13.3. The maximum Gasteiger partial charge on any atom is 0.421 e. The topological polar surface area (TPSA) is 98.2 Å². The summed E-state index contributed by atoms with van der Waals surface area (Å²) in [4.78, 5) is 3.92. The number of thiophene rings is 1. The number of hydrogen-bond donors (Lipinski definition) is 1. The van der Waals surface area contributed by atoms with E-state index in [4.69, 9.17) is 0 Å². The van der Waals surface area contributed by atoms with E-state index in [2.05, 4.69) is 0 Å². The van der Waals surface area contributed by atoms with Crippen molar-refractivity contribution in [1.82, 2.24) is 9.21 Å². The van der Waals surface area contributed by atoms with Gasteiger partial charge in [0.25, 0.3) is 10.0 Å². The Morgan fingerprint density at radius 3 is 2.25 bits per heavy atom. The minimum Gasteiger partial charge on any atom is -0.376 e. The van der Waals surface area contributed by atoms with Crippen LogP contribution in [0.25, 0.3) is 0 Å². The van der Waals surface area contributed by atoms with Gasteiger partial charge in [-0.25, -0.2) is 16.8 Å². The first-order chi connectivity index (χ1) is 16.7. The Bertz CT molecular complexity index is 1250. The summed E-state index contributed by atoms with van der Waals surface area (Å²) in [5.41, 5.74) is -2.70. The molecule has 0 spiro atoms. The van der Waals surface area contributed by atoms with Gasteiger partial charge in [-0.1, -0.05) is 18.2 Å². The minimum atomic E-state index is -4.84. The van der Waals surface area contributed by atoms with Crippen LogP contribution in [0.15, 0.2) is 46.0 Å². The molecule has 1 N–H and O–H groups in total. The summed E-state index contributed by atoms with van der Waals surface area (Å²) in [6, 6.07) is 8.28. The van der Waals surface area contributed by atoms with E-state index in [0.717, 1.165) is 11.3 Å². The molecule has 0 aliphatic carbocycles. The van der Waals surface area contributed by atoms with Crippen LogP contribution in [0.5, 0.6) is 0 Å². The second-order valence-corrected chi connectivity index (χ2v) is 14.6. The molecule has 2 fully saturated rings. The zero-order valence-corrected chi connectivity index (χ0v) is 22.0. The van der Waals surface area contributed by atoms with Crippen LogP contribution in [0.2, 0.25) is 0 Å². The van der Waals surface area contributed by atoms with Gasteiger partial charge in [-0.15, -0.1) is 11.3 Å². The number of benzene rings is 1. The Balaban J connectivity index is 1.59. The van der Waals surface area contributed by atoms with E-state index in [1.165, 1.54) is 28.6 Å². The van der Waals surface area contributed by atoms with E-state index < -0.39 is 31.6 Å². The molecule has 1 unspecified atom stereocenters. The Hall–Kier alpha value is -1.71. The van der Waals surface area contributed by atoms with Crippen LogP contribution < -0.4 is 4.90 Å². The SMILES string of the molecule is CC(O)(c1ccc(N2CCN(S(=O)(=O)c3cccs3)C[C@@H]2CN2CCS(=O)(=O)CC2)cc1)C(F)(F)F. The first kappa shape index (κ1) is 27.3. The molecule has 2 atom stereocenters. The number of sulfonamides is 1. The molecule has 0 amide bonds. The third kappa shape index (κ3) is 5.58. The summed E-state index contributed by atoms with van der Waals surface area (Å²) in [6.45, 7) is 2.39. The highest BCUT2D eigenvalue weighted by atomic mass is 32.2. The summed E-state index contributed by atoms with van der Waals surface area (Å²) in [7, 11) is -6.80. The molecule has 4 rings (SSSR count). The average Bonchev–Trinajstić information content (AvgIpc) is 3.36. The predicted octanol–water partition coefficient (Wildman–Crippen LogP) is 2.13. The summed E-state index contributed by atoms with van der Waals surface area (Å²) < 4.78 is 91.4. The zero-order valence-electron chi connectivity index (χ0n) is 19.6. The van der Waals surface area contributed by atoms with Crippen LogP contribution in [0.3, 0.4) is 0 Å². The minimum absolute atomic E-state index is 0.0259. The van der Waals surface area contributed by atoms with Gasteiger partial charge < -0.3 is 10.0 Å². The van der Waals surface area contributed by atoms with Crippen molar-refractivity contribution in [3.05, 3.63) is 47.3 Å². The third-order valence-electron chi connectivity index (χ3n) is 6.75. The second kappa shape index (κ2) is 9.87. The van der Waals surface area contributed by atoms with E-state index in [0.29, 0.717) is 38.8 Å². The van der Waals surface area contributed by atoms with Crippen molar-refractivity contribution in [3.8, 4) is 0 Å². The number of halogens is 3. The van der Waals surface area contributed by atoms with Crippen molar-refractivity contribution in [1.29, 1.82) is 0 Å². The molecular formula is C22H28F3N3O5S3. The lowest BCUT2D eigenvalue weighted by molar-refractivity contribution is -0.258. The molecule has 2 saturated heterocycles. The van der Waals surface area contributed by atoms with Gasteiger partial charge in [-0.3, -0.25) is 4.90 Å². The number of sulfone groups is 1. The fourth-order valence-corrected chi connectivity index (χ4v) is 8.34. The molecule has 0 saturated carbocycles. The van der Waals surface area contributed by atoms with E-state index in [9.17, 15) is 35.1 Å². The number of rotatable bonds is 6. The quantitative estimate of drug-likeness (QED) is 0.571. The Morgan fingerprint density at radius 2 is 1.69 bits per heavy atom. The normalized spacial score (nSPS) is 23.9. The van der Waals surface area contributed by atoms with Gasteiger partial charge in [0.1, 0.15) is 4.21 Å². The van der Waals surface area contributed by atoms with Crippen LogP contribution in [0.1, 0.15) is 12.5 Å². The zero-order chi connectivity index (χ0) is 26.4. The standard InChI is InChI=1S/C22H28F3N3O5S3/c1-21(29,22(23,24)25)17-4-6-18(7-5-17)28-9-8-27(36(32,33)20-3-2-12-34-20)16-19(28)15-26-10-13-35(30,31)14-11-26/h2-7,12,19,29H,8-11,13-16H2,1H3/t19-,21?/m0/s1. The first-order valence-corrected chi connectivity index (χ1v) is 15.5. The molecule has 36 heavy (non-hydrogen) atoms. The molecule has 2 aliphatic heterocycles. The van der Waals surface area contributed by atoms with E-state index in [1.807, 2.05) is 9.80 Å². The van der Waals surface area contributed by atoms with Crippen molar-refractivity contribution >= 4 is 36.9 Å². The fourth-order valence-electron chi connectivity index (χ4n) is 4.45. The molecule has 8 nitrogen and oxygen atoms in total. The summed E-state index contributed by atoms with van der Waals surface area (Å²) >= 11 is 1.13. The van der Waals surface area contributed by atoms with Gasteiger partial charge >= 0.3 is 6.18 Å². The lowest BCUT2D eigenvalue weighted by Crippen LogP contribution is -2.59. The van der Waals surface area contributed by atoms with Gasteiger partial charge in [-0.2, -0.15) is 17.5 Å². The highest BCUT2D eigenvalue weighted by Gasteiger charge is 2.51. The predicted molar refractivity (Wildman–Crippen MR) is 131 cm³/mol. The second-order valence-electron chi connectivity index (χ2n) is 9.21. The average molecular weight is 568 g/mol. The van der Waals surface area contributed by atoms with E-state index in [-0.39, 0.29) is 40.4 Å². The molecule has 1 aromatic carbocycles. The molecule has 3 heterocycles. The fraction of sp³-hybridized carbons (Fsp3) is 0.545. The summed E-state index contributed by atoms with van der Waals surface area (Å²) in [5.74, 6) is 0.0519. The van der Waals surface area contributed by atoms with Crippen molar-refractivity contribution in [3.63, 3.8) is 0 Å². The molecular weight excluding hydrogens is 539 g/mol. The lowest BCUT2D eigenvalue weighted by Gasteiger charge is -2.44. The molecule has 2 aromatic rings. The van der Waals surface area contributed by atoms with E-state index >= 15 is 0 Å². The number of piperazine rings is 1. The van der Waals surface area contributed by atoms with Crippen molar-refractivity contribution < 1.29 is 35.1 Å². The summed E-state index contributed by atoms with van der Waals surface area (Å²) in [5, 5.41) is 11.7. The molecule has 0 radical (unpaired) electrons. The molecule has 2 aliphatic rings. The number of hydrogen-bond acceptors (Lipinski definition) is 8. The molecule has 1 aromatic heterocycles. The summed E-state index contributed by atoms with van der Waals surface area (Å²) in [6.07, 6.45) is -4.84. The smallest absolute Gasteiger partial charge is 0.376 e. The monoisotopic (exact) mass is 567 g/mol. The highest BCUT2D eigenvalue weighted by Crippen LogP contribution is 2.39. The third-order valence-corrected chi connectivity index (χ3v) is 11.6. The Labute approximate surface area is 212 Å². The molecule has 200 valence electrons. The molecule has 14 heteroatoms. The van der Waals surface area contributed by atoms with Gasteiger partial charge in [0, 0.05) is 45.0 Å². The van der Waals surface area contributed by atoms with Crippen LogP contribution >= 0.6 is 11.3 Å². The van der Waals surface area contributed by atoms with Crippen molar-refractivity contribution in [2.24, 2.45) is 0 Å². The number of aliphatic hydroxyl groups is 1. The van der Waals surface area contributed by atoms with Crippen molar-refractivity contribution in [2.45, 2.75) is 29.0 Å². The molecule has 0 bridgehead atoms. The van der Waals surface area contributed by atoms with Crippen LogP contribution in [-0.2, 0) is 25.5 Å². The number of nitrogens with zero attached hydrogens (tertiary/aromatic N) is 3. The van der Waals surface area contributed by atoms with Crippen LogP contribution in [-0.4, -0.2) is 94.1 Å². The Morgan fingerprint density at radius 1 is 1.06 bits per heavy atom. The highest BCUT2D eigenvalue weighted by molar-refractivity contribution is 7.91. The van der Waals surface area contributed by atoms with Gasteiger partial charge in [0.2, 0.25) is 0 Å². The maximum atomic E-state index is 13.3. The van der Waals surface area contributed by atoms with Crippen LogP contribution in [0.4, 0.5) is 18.9 Å². The van der Waals surface area contributed by atoms with Gasteiger partial charge in [0.05, 0.1) is 17.5 Å². The number of alkyl halides is 3. The number of anilines is 1. The van der Waals surface area contributed by atoms with E-state index in [1.54, 1.807) is 17.5 Å². The van der Waals surface area contributed by atoms with Crippen molar-refractivity contribution in [2.75, 3.05) is 55.7 Å². The lowest BCUT2D eigenvalue weighted by atomic mass is 9.95. The van der Waals surface area contributed by atoms with Gasteiger partial charge in [0.15, 0.2) is 15.4 Å². The van der Waals surface area contributed by atoms with Crippen LogP contribution in [0, 0.1) is 0 Å². The largest absolute Gasteiger partial charge is 0.421 e. The first-order valence-electron chi connectivity index (χ1n) is 11.3.